The van der Waals surface area contributed by atoms with Gasteiger partial charge in [-0.15, -0.1) is 0 Å². The molecule has 0 unspecified atom stereocenters. The molecule has 0 spiro atoms. The minimum atomic E-state index is -0.0586. The van der Waals surface area contributed by atoms with Gasteiger partial charge < -0.3 is 9.47 Å². The van der Waals surface area contributed by atoms with Crippen LogP contribution in [0.25, 0.3) is 0 Å². The molecule has 0 saturated heterocycles. The van der Waals surface area contributed by atoms with E-state index in [1.54, 1.807) is 18.5 Å². The summed E-state index contributed by atoms with van der Waals surface area (Å²) in [5.41, 5.74) is 1.75. The Labute approximate surface area is 148 Å². The lowest BCUT2D eigenvalue weighted by Crippen LogP contribution is -2.33. The van der Waals surface area contributed by atoms with Crippen LogP contribution in [0, 0.1) is 0 Å². The van der Waals surface area contributed by atoms with Gasteiger partial charge in [-0.2, -0.15) is 0 Å². The zero-order valence-electron chi connectivity index (χ0n) is 14.4. The second-order valence-electron chi connectivity index (χ2n) is 5.99. The number of hydrogen-bond acceptors (Lipinski definition) is 3. The number of pyridine rings is 1. The average molecular weight is 334 g/mol. The van der Waals surface area contributed by atoms with Gasteiger partial charge in [-0.3, -0.25) is 9.78 Å². The van der Waals surface area contributed by atoms with E-state index in [4.69, 9.17) is 0 Å². The normalized spacial score (nSPS) is 10.6. The molecular formula is C20H22N4O. The molecule has 2 heterocycles. The zero-order valence-corrected chi connectivity index (χ0v) is 14.4. The molecule has 5 heteroatoms. The first-order chi connectivity index (χ1) is 12.2. The molecular weight excluding hydrogens is 312 g/mol. The van der Waals surface area contributed by atoms with Crippen LogP contribution in [-0.4, -0.2) is 31.9 Å². The van der Waals surface area contributed by atoms with Gasteiger partial charge in [0.25, 0.3) is 5.91 Å². The number of benzene rings is 1. The minimum absolute atomic E-state index is 0.0586. The van der Waals surface area contributed by atoms with Crippen molar-refractivity contribution in [3.8, 4) is 0 Å². The summed E-state index contributed by atoms with van der Waals surface area (Å²) in [5.74, 6) is 0.806. The fourth-order valence-electron chi connectivity index (χ4n) is 2.74. The molecule has 5 nitrogen and oxygen atoms in total. The molecule has 0 fully saturated rings. The maximum Gasteiger partial charge on any atom is 0.272 e. The summed E-state index contributed by atoms with van der Waals surface area (Å²) in [7, 11) is 1.94. The maximum atomic E-state index is 12.9. The van der Waals surface area contributed by atoms with Crippen LogP contribution >= 0.6 is 0 Å². The summed E-state index contributed by atoms with van der Waals surface area (Å²) in [4.78, 5) is 23.2. The van der Waals surface area contributed by atoms with E-state index >= 15 is 0 Å². The topological polar surface area (TPSA) is 51.0 Å². The molecule has 0 bridgehead atoms. The van der Waals surface area contributed by atoms with Gasteiger partial charge in [0.15, 0.2) is 0 Å². The summed E-state index contributed by atoms with van der Waals surface area (Å²) >= 11 is 0. The molecule has 0 N–H and O–H groups in total. The molecule has 0 saturated carbocycles. The highest BCUT2D eigenvalue weighted by molar-refractivity contribution is 5.92. The number of rotatable bonds is 7. The summed E-state index contributed by atoms with van der Waals surface area (Å²) < 4.78 is 1.94. The zero-order chi connectivity index (χ0) is 17.5. The van der Waals surface area contributed by atoms with Crippen molar-refractivity contribution < 1.29 is 4.79 Å². The van der Waals surface area contributed by atoms with Crippen molar-refractivity contribution in [1.29, 1.82) is 0 Å². The highest BCUT2D eigenvalue weighted by Crippen LogP contribution is 2.10. The van der Waals surface area contributed by atoms with Crippen LogP contribution < -0.4 is 0 Å². The molecule has 3 rings (SSSR count). The van der Waals surface area contributed by atoms with Gasteiger partial charge in [0.2, 0.25) is 0 Å². The van der Waals surface area contributed by atoms with E-state index in [-0.39, 0.29) is 5.91 Å². The third-order valence-electron chi connectivity index (χ3n) is 4.16. The maximum absolute atomic E-state index is 12.9. The summed E-state index contributed by atoms with van der Waals surface area (Å²) in [5, 5.41) is 0. The highest BCUT2D eigenvalue weighted by Gasteiger charge is 2.18. The van der Waals surface area contributed by atoms with Crippen molar-refractivity contribution >= 4 is 5.91 Å². The molecule has 3 aromatic rings. The van der Waals surface area contributed by atoms with Crippen LogP contribution in [-0.2, 0) is 20.0 Å². The van der Waals surface area contributed by atoms with E-state index < -0.39 is 0 Å². The first kappa shape index (κ1) is 16.9. The lowest BCUT2D eigenvalue weighted by Gasteiger charge is -2.22. The van der Waals surface area contributed by atoms with Crippen molar-refractivity contribution in [2.75, 3.05) is 6.54 Å². The quantitative estimate of drug-likeness (QED) is 0.667. The van der Waals surface area contributed by atoms with E-state index in [2.05, 4.69) is 22.1 Å². The first-order valence-corrected chi connectivity index (χ1v) is 8.44. The van der Waals surface area contributed by atoms with Gasteiger partial charge in [-0.25, -0.2) is 4.98 Å². The lowest BCUT2D eigenvalue weighted by atomic mass is 10.1. The molecule has 1 aromatic carbocycles. The van der Waals surface area contributed by atoms with Crippen LogP contribution in [0.2, 0.25) is 0 Å². The fraction of sp³-hybridized carbons (Fsp3) is 0.250. The van der Waals surface area contributed by atoms with E-state index in [9.17, 15) is 4.79 Å². The largest absolute Gasteiger partial charge is 0.337 e. The predicted octanol–water partition coefficient (Wildman–Crippen LogP) is 3.09. The number of nitrogens with zero attached hydrogens (tertiary/aromatic N) is 4. The van der Waals surface area contributed by atoms with Crippen molar-refractivity contribution in [3.63, 3.8) is 0 Å². The number of amides is 1. The van der Waals surface area contributed by atoms with Gasteiger partial charge >= 0.3 is 0 Å². The van der Waals surface area contributed by atoms with Gasteiger partial charge in [-0.05, 0) is 30.5 Å². The molecule has 0 radical (unpaired) electrons. The number of carbonyl (C=O) groups excluding carboxylic acids is 1. The number of hydrogen-bond donors (Lipinski definition) is 0. The van der Waals surface area contributed by atoms with Crippen LogP contribution in [0.4, 0.5) is 0 Å². The molecule has 2 aromatic heterocycles. The van der Waals surface area contributed by atoms with E-state index in [1.165, 1.54) is 5.56 Å². The van der Waals surface area contributed by atoms with E-state index in [1.807, 2.05) is 53.0 Å². The Balaban J connectivity index is 1.70. The van der Waals surface area contributed by atoms with Crippen LogP contribution in [0.1, 0.15) is 28.3 Å². The predicted molar refractivity (Wildman–Crippen MR) is 96.9 cm³/mol. The fourth-order valence-corrected chi connectivity index (χ4v) is 2.74. The Hall–Kier alpha value is -2.95. The van der Waals surface area contributed by atoms with E-state index in [0.29, 0.717) is 18.8 Å². The monoisotopic (exact) mass is 334 g/mol. The summed E-state index contributed by atoms with van der Waals surface area (Å²) in [6.07, 6.45) is 7.13. The highest BCUT2D eigenvalue weighted by atomic mass is 16.2. The van der Waals surface area contributed by atoms with Crippen LogP contribution in [0.15, 0.2) is 67.1 Å². The van der Waals surface area contributed by atoms with Crippen molar-refractivity contribution in [2.24, 2.45) is 7.05 Å². The second-order valence-corrected chi connectivity index (χ2v) is 5.99. The molecule has 0 aliphatic heterocycles. The molecule has 0 aliphatic rings. The van der Waals surface area contributed by atoms with Gasteiger partial charge in [0.1, 0.15) is 11.5 Å². The van der Waals surface area contributed by atoms with Crippen LogP contribution in [0.3, 0.4) is 0 Å². The first-order valence-electron chi connectivity index (χ1n) is 8.44. The molecule has 25 heavy (non-hydrogen) atoms. The van der Waals surface area contributed by atoms with E-state index in [0.717, 1.165) is 18.7 Å². The lowest BCUT2D eigenvalue weighted by molar-refractivity contribution is 0.0729. The summed E-state index contributed by atoms with van der Waals surface area (Å²) in [6.45, 7) is 1.14. The molecule has 1 amide bonds. The molecule has 128 valence electrons. The Morgan fingerprint density at radius 2 is 1.84 bits per heavy atom. The Kier molecular flexibility index (Phi) is 5.57. The number of imidazole rings is 1. The minimum Gasteiger partial charge on any atom is -0.337 e. The Bertz CT molecular complexity index is 799. The van der Waals surface area contributed by atoms with Gasteiger partial charge in [0, 0.05) is 32.2 Å². The average Bonchev–Trinajstić information content (AvgIpc) is 3.06. The SMILES string of the molecule is Cn1ccnc1CN(CCCc1ccccc1)C(=O)c1ccccn1. The van der Waals surface area contributed by atoms with Crippen molar-refractivity contribution in [3.05, 3.63) is 84.2 Å². The Morgan fingerprint density at radius 3 is 2.52 bits per heavy atom. The van der Waals surface area contributed by atoms with Gasteiger partial charge in [0.05, 0.1) is 6.54 Å². The van der Waals surface area contributed by atoms with Crippen molar-refractivity contribution in [2.45, 2.75) is 19.4 Å². The smallest absolute Gasteiger partial charge is 0.272 e. The molecule has 0 aliphatic carbocycles. The second kappa shape index (κ2) is 8.24. The van der Waals surface area contributed by atoms with Crippen molar-refractivity contribution in [1.82, 2.24) is 19.4 Å². The molecule has 0 atom stereocenters. The third kappa shape index (κ3) is 4.53. The summed E-state index contributed by atoms with van der Waals surface area (Å²) in [6, 6.07) is 15.7. The standard InChI is InChI=1S/C20H22N4O/c1-23-15-13-22-19(23)16-24(20(25)18-11-5-6-12-21-18)14-7-10-17-8-3-2-4-9-17/h2-6,8-9,11-13,15H,7,10,14,16H2,1H3. The van der Waals surface area contributed by atoms with Crippen LogP contribution in [0.5, 0.6) is 0 Å². The Morgan fingerprint density at radius 1 is 1.04 bits per heavy atom. The third-order valence-corrected chi connectivity index (χ3v) is 4.16. The van der Waals surface area contributed by atoms with Gasteiger partial charge in [-0.1, -0.05) is 36.4 Å². The number of aryl methyl sites for hydroxylation is 2. The number of aromatic nitrogens is 3. The number of carbonyl (C=O) groups is 1.